The van der Waals surface area contributed by atoms with Crippen LogP contribution in [0.15, 0.2) is 0 Å². The third-order valence-corrected chi connectivity index (χ3v) is 2.99. The number of alkyl halides is 17. The molecule has 0 aromatic rings. The number of aliphatic carboxylic acids is 1. The first-order valence-corrected chi connectivity index (χ1v) is 5.64. The molecule has 0 atom stereocenters. The Hall–Kier alpha value is -0.149. The van der Waals surface area contributed by atoms with Crippen molar-refractivity contribution in [1.82, 2.24) is 0 Å². The first kappa shape index (κ1) is 31.0. The second kappa shape index (κ2) is 7.77. The van der Waals surface area contributed by atoms with Crippen LogP contribution in [-0.4, -0.2) is 108 Å². The third kappa shape index (κ3) is 3.93. The van der Waals surface area contributed by atoms with Crippen LogP contribution in [0.2, 0.25) is 0 Å². The van der Waals surface area contributed by atoms with Gasteiger partial charge in [0.1, 0.15) is 0 Å². The second-order valence-corrected chi connectivity index (χ2v) is 4.82. The van der Waals surface area contributed by atoms with Gasteiger partial charge in [-0.25, -0.2) is 4.79 Å². The van der Waals surface area contributed by atoms with Crippen molar-refractivity contribution < 1.29 is 87.4 Å². The summed E-state index contributed by atoms with van der Waals surface area (Å²) >= 11 is 0. The minimum absolute atomic E-state index is 0. The number of rotatable bonds is 7. The van der Waals surface area contributed by atoms with E-state index in [9.17, 15) is 79.4 Å². The molecule has 0 spiro atoms. The molecule has 0 heterocycles. The Balaban J connectivity index is -0.00000121. The van der Waals surface area contributed by atoms with Crippen LogP contribution < -0.4 is 0 Å². The first-order valence-electron chi connectivity index (χ1n) is 5.64. The van der Waals surface area contributed by atoms with Crippen molar-refractivity contribution in [2.45, 2.75) is 47.6 Å². The van der Waals surface area contributed by atoms with E-state index < -0.39 is 53.6 Å². The van der Waals surface area contributed by atoms with Crippen LogP contribution in [0.5, 0.6) is 0 Å². The van der Waals surface area contributed by atoms with Crippen molar-refractivity contribution in [3.63, 3.8) is 0 Å². The van der Waals surface area contributed by atoms with E-state index in [0.717, 1.165) is 0 Å². The molecule has 20 heteroatoms. The normalized spacial score (nSPS) is 15.8. The Bertz CT molecular complexity index is 632. The number of carboxylic acid groups (broad SMARTS) is 1. The summed E-state index contributed by atoms with van der Waals surface area (Å²) in [5, 5.41) is 7.59. The van der Waals surface area contributed by atoms with E-state index in [1.54, 1.807) is 0 Å². The molecule has 0 radical (unpaired) electrons. The van der Waals surface area contributed by atoms with E-state index >= 15 is 0 Å². The number of halogens is 17. The molecule has 2 nitrogen and oxygen atoms in total. The molecule has 0 saturated carbocycles. The zero-order chi connectivity index (χ0) is 23.6. The minimum Gasteiger partial charge on any atom is -1.00 e. The van der Waals surface area contributed by atoms with Crippen molar-refractivity contribution in [2.24, 2.45) is 0 Å². The summed E-state index contributed by atoms with van der Waals surface area (Å²) in [6.07, 6.45) is -7.83. The van der Waals surface area contributed by atoms with Crippen molar-refractivity contribution in [3.05, 3.63) is 0 Å². The number of hydrogen-bond acceptors (Lipinski definition) is 1. The van der Waals surface area contributed by atoms with Gasteiger partial charge in [-0.15, -0.1) is 0 Å². The van der Waals surface area contributed by atoms with Crippen molar-refractivity contribution in [2.75, 3.05) is 0 Å². The van der Waals surface area contributed by atoms with Gasteiger partial charge in [0.2, 0.25) is 0 Å². The SMILES string of the molecule is O=C(O)C(F)(F)C(F)(F)C(F)(F)C(F)(F)C(F)(F)C(F)(F)C(F)(F)C(F)(F)F.[Ba+2].[H-].[H-]. The summed E-state index contributed by atoms with van der Waals surface area (Å²) in [4.78, 5) is 9.77. The molecular weight excluding hydrogens is 600 g/mol. The van der Waals surface area contributed by atoms with Crippen LogP contribution in [0, 0.1) is 0 Å². The van der Waals surface area contributed by atoms with Crippen LogP contribution in [0.25, 0.3) is 0 Å². The molecule has 0 amide bonds. The van der Waals surface area contributed by atoms with Gasteiger partial charge in [-0.1, -0.05) is 0 Å². The van der Waals surface area contributed by atoms with E-state index in [1.165, 1.54) is 0 Å². The van der Waals surface area contributed by atoms with Gasteiger partial charge < -0.3 is 7.96 Å². The molecule has 0 saturated heterocycles. The van der Waals surface area contributed by atoms with Gasteiger partial charge in [0.05, 0.1) is 0 Å². The molecule has 0 aromatic carbocycles. The van der Waals surface area contributed by atoms with Gasteiger partial charge >= 0.3 is 102 Å². The maximum absolute atomic E-state index is 13.0. The quantitative estimate of drug-likeness (QED) is 0.332. The van der Waals surface area contributed by atoms with Crippen LogP contribution in [0.3, 0.4) is 0 Å². The molecule has 172 valence electrons. The summed E-state index contributed by atoms with van der Waals surface area (Å²) in [6.45, 7) is 0. The first-order chi connectivity index (χ1) is 11.7. The molecule has 29 heavy (non-hydrogen) atoms. The molecule has 0 aromatic heterocycles. The maximum atomic E-state index is 13.0. The van der Waals surface area contributed by atoms with Crippen LogP contribution >= 0.6 is 0 Å². The molecule has 0 bridgehead atoms. The Morgan fingerprint density at radius 1 is 0.483 bits per heavy atom. The largest absolute Gasteiger partial charge is 2.00 e. The zero-order valence-electron chi connectivity index (χ0n) is 14.5. The van der Waals surface area contributed by atoms with Crippen LogP contribution in [0.4, 0.5) is 74.6 Å². The van der Waals surface area contributed by atoms with E-state index in [4.69, 9.17) is 5.11 Å². The second-order valence-electron chi connectivity index (χ2n) is 4.82. The fraction of sp³-hybridized carbons (Fsp3) is 0.889. The molecule has 0 aliphatic heterocycles. The summed E-state index contributed by atoms with van der Waals surface area (Å²) in [6, 6.07) is 0. The Morgan fingerprint density at radius 3 is 0.897 bits per heavy atom. The van der Waals surface area contributed by atoms with Gasteiger partial charge in [0.25, 0.3) is 0 Å². The minimum atomic E-state index is -8.76. The van der Waals surface area contributed by atoms with Crippen LogP contribution in [0.1, 0.15) is 2.85 Å². The number of carbonyl (C=O) groups is 1. The fourth-order valence-corrected chi connectivity index (χ4v) is 1.30. The predicted molar refractivity (Wildman–Crippen MR) is 56.3 cm³/mol. The van der Waals surface area contributed by atoms with E-state index in [1.807, 2.05) is 0 Å². The van der Waals surface area contributed by atoms with Gasteiger partial charge in [-0.2, -0.15) is 74.6 Å². The van der Waals surface area contributed by atoms with Crippen molar-refractivity contribution in [3.8, 4) is 0 Å². The molecule has 0 rings (SSSR count). The summed E-state index contributed by atoms with van der Waals surface area (Å²) in [7, 11) is 0. The van der Waals surface area contributed by atoms with E-state index in [2.05, 4.69) is 0 Å². The molecular formula is C9H3BaF17O2. The third-order valence-electron chi connectivity index (χ3n) is 2.99. The van der Waals surface area contributed by atoms with Gasteiger partial charge in [0, 0.05) is 0 Å². The smallest absolute Gasteiger partial charge is 1.00 e. The molecule has 1 N–H and O–H groups in total. The van der Waals surface area contributed by atoms with Crippen molar-refractivity contribution in [1.29, 1.82) is 0 Å². The number of carboxylic acids is 1. The average molecular weight is 603 g/mol. The predicted octanol–water partition coefficient (Wildman–Crippen LogP) is 4.92. The monoisotopic (exact) mass is 604 g/mol. The molecule has 0 unspecified atom stereocenters. The topological polar surface area (TPSA) is 37.3 Å². The van der Waals surface area contributed by atoms with Gasteiger partial charge in [-0.3, -0.25) is 0 Å². The summed E-state index contributed by atoms with van der Waals surface area (Å²) in [5.41, 5.74) is 0. The van der Waals surface area contributed by atoms with Gasteiger partial charge in [-0.05, 0) is 0 Å². The Labute approximate surface area is 189 Å². The number of hydrogen-bond donors (Lipinski definition) is 1. The van der Waals surface area contributed by atoms with E-state index in [0.29, 0.717) is 0 Å². The van der Waals surface area contributed by atoms with Gasteiger partial charge in [0.15, 0.2) is 0 Å². The molecule has 0 aliphatic carbocycles. The molecule has 0 aliphatic rings. The van der Waals surface area contributed by atoms with E-state index in [-0.39, 0.29) is 51.7 Å². The standard InChI is InChI=1S/C9HF17O2.Ba.2H/c10-2(11,1(27)28)3(12,13)4(14,15)5(16,17)6(18,19)7(20,21)8(22,23)9(24,25)26;;;/h(H,27,28);;;/q;+2;2*-1. The summed E-state index contributed by atoms with van der Waals surface area (Å²) < 4.78 is 214. The Morgan fingerprint density at radius 2 is 0.690 bits per heavy atom. The zero-order valence-corrected chi connectivity index (χ0v) is 16.9. The van der Waals surface area contributed by atoms with Crippen molar-refractivity contribution >= 4 is 54.9 Å². The average Bonchev–Trinajstić information content (AvgIpc) is 2.44. The molecule has 0 fully saturated rings. The maximum Gasteiger partial charge on any atom is 2.00 e. The van der Waals surface area contributed by atoms with Crippen LogP contribution in [-0.2, 0) is 4.79 Å². The summed E-state index contributed by atoms with van der Waals surface area (Å²) in [5.74, 6) is -62.9. The fourth-order valence-electron chi connectivity index (χ4n) is 1.30. The Kier molecular flexibility index (Phi) is 8.31.